The molecule has 2 unspecified atom stereocenters. The van der Waals surface area contributed by atoms with Gasteiger partial charge < -0.3 is 29.4 Å². The lowest BCUT2D eigenvalue weighted by Crippen LogP contribution is -2.48. The molecule has 1 aliphatic rings. The highest BCUT2D eigenvalue weighted by Crippen LogP contribution is 2.45. The Balaban J connectivity index is 1.27. The lowest BCUT2D eigenvalue weighted by Gasteiger charge is -2.41. The summed E-state index contributed by atoms with van der Waals surface area (Å²) in [5, 5.41) is 12.8. The van der Waals surface area contributed by atoms with Crippen LogP contribution in [0.15, 0.2) is 109 Å². The first-order valence-electron chi connectivity index (χ1n) is 18.2. The Morgan fingerprint density at radius 3 is 2.13 bits per heavy atom. The molecule has 0 fully saturated rings. The second-order valence-corrected chi connectivity index (χ2v) is 14.8. The summed E-state index contributed by atoms with van der Waals surface area (Å²) >= 11 is 0. The van der Waals surface area contributed by atoms with Crippen molar-refractivity contribution in [3.8, 4) is 22.3 Å². The van der Waals surface area contributed by atoms with Crippen LogP contribution in [0.3, 0.4) is 0 Å². The number of nitrogens with zero attached hydrogens (tertiary/aromatic N) is 2. The number of rotatable bonds is 14. The van der Waals surface area contributed by atoms with Gasteiger partial charge in [0.1, 0.15) is 30.9 Å². The topological polar surface area (TPSA) is 110 Å². The molecule has 5 aromatic rings. The van der Waals surface area contributed by atoms with E-state index in [4.69, 9.17) is 9.47 Å². The molecule has 4 aromatic carbocycles. The molecule has 1 heterocycles. The first kappa shape index (κ1) is 38.9. The predicted molar refractivity (Wildman–Crippen MR) is 205 cm³/mol. The second-order valence-electron chi connectivity index (χ2n) is 14.8. The molecule has 1 aliphatic carbocycles. The van der Waals surface area contributed by atoms with Gasteiger partial charge in [0.05, 0.1) is 6.04 Å². The van der Waals surface area contributed by atoms with Crippen LogP contribution in [0.25, 0.3) is 22.3 Å². The van der Waals surface area contributed by atoms with Crippen molar-refractivity contribution in [3.05, 3.63) is 143 Å². The van der Waals surface area contributed by atoms with Gasteiger partial charge in [-0.05, 0) is 63.9 Å². The molecule has 2 amide bonds. The standard InChI is InChI=1S/C44H45F2N3O6/c1-44(2,3)41(39-22-29(35-23-30(45)18-19-37(35)46)25-48(39)24-28-12-6-5-7-13-28)49(40(50)27-54-4)21-20-38(42(51)52)47-43(53)55-26-36-33-16-10-8-14-31(33)32-15-9-11-17-34(32)36/h5-19,22-23,25,36,38,41H,20-21,24,26-27H2,1-4H3,(H,47,53)(H,51,52). The number of benzene rings is 4. The van der Waals surface area contributed by atoms with Crippen molar-refractivity contribution in [3.63, 3.8) is 0 Å². The minimum atomic E-state index is -1.40. The zero-order valence-corrected chi connectivity index (χ0v) is 31.3. The molecule has 0 bridgehead atoms. The predicted octanol–water partition coefficient (Wildman–Crippen LogP) is 8.43. The van der Waals surface area contributed by atoms with E-state index in [1.54, 1.807) is 17.2 Å². The summed E-state index contributed by atoms with van der Waals surface area (Å²) in [6.45, 7) is 5.79. The van der Waals surface area contributed by atoms with Gasteiger partial charge >= 0.3 is 12.1 Å². The lowest BCUT2D eigenvalue weighted by atomic mass is 9.82. The average Bonchev–Trinajstić information content (AvgIpc) is 3.71. The van der Waals surface area contributed by atoms with E-state index in [0.29, 0.717) is 17.8 Å². The number of ether oxygens (including phenoxy) is 2. The van der Waals surface area contributed by atoms with Gasteiger partial charge in [-0.15, -0.1) is 0 Å². The highest BCUT2D eigenvalue weighted by molar-refractivity contribution is 5.82. The van der Waals surface area contributed by atoms with E-state index in [9.17, 15) is 23.9 Å². The third-order valence-electron chi connectivity index (χ3n) is 9.96. The first-order chi connectivity index (χ1) is 26.3. The number of carbonyl (C=O) groups is 3. The fourth-order valence-corrected chi connectivity index (χ4v) is 7.52. The highest BCUT2D eigenvalue weighted by Gasteiger charge is 2.38. The zero-order valence-electron chi connectivity index (χ0n) is 31.3. The molecule has 2 atom stereocenters. The number of carboxylic acids is 1. The number of amides is 2. The maximum atomic E-state index is 15.2. The van der Waals surface area contributed by atoms with E-state index >= 15 is 4.39 Å². The number of aromatic nitrogens is 1. The summed E-state index contributed by atoms with van der Waals surface area (Å²) < 4.78 is 42.4. The molecule has 1 aromatic heterocycles. The monoisotopic (exact) mass is 749 g/mol. The molecule has 0 radical (unpaired) electrons. The fraction of sp³-hybridized carbons (Fsp3) is 0.295. The quantitative estimate of drug-likeness (QED) is 0.118. The smallest absolute Gasteiger partial charge is 0.407 e. The molecule has 6 rings (SSSR count). The number of hydrogen-bond acceptors (Lipinski definition) is 5. The number of halogens is 2. The molecule has 0 saturated heterocycles. The average molecular weight is 750 g/mol. The summed E-state index contributed by atoms with van der Waals surface area (Å²) in [4.78, 5) is 41.2. The SMILES string of the molecule is COCC(=O)N(CCC(NC(=O)OCC1c2ccccc2-c2ccccc21)C(=O)O)C(c1cc(-c2cc(F)ccc2F)cn1Cc1ccccc1)C(C)(C)C. The molecular weight excluding hydrogens is 704 g/mol. The van der Waals surface area contributed by atoms with E-state index in [1.807, 2.05) is 104 Å². The molecule has 0 spiro atoms. The van der Waals surface area contributed by atoms with Crippen LogP contribution in [0.4, 0.5) is 13.6 Å². The maximum Gasteiger partial charge on any atom is 0.407 e. The van der Waals surface area contributed by atoms with Gasteiger partial charge in [-0.1, -0.05) is 99.6 Å². The van der Waals surface area contributed by atoms with Gasteiger partial charge in [0.15, 0.2) is 0 Å². The van der Waals surface area contributed by atoms with E-state index in [-0.39, 0.29) is 37.7 Å². The molecule has 55 heavy (non-hydrogen) atoms. The van der Waals surface area contributed by atoms with E-state index in [0.717, 1.165) is 46.0 Å². The van der Waals surface area contributed by atoms with Gasteiger partial charge in [-0.25, -0.2) is 18.4 Å². The number of methoxy groups -OCH3 is 1. The third kappa shape index (κ3) is 8.78. The Labute approximate surface area is 319 Å². The Bertz CT molecular complexity index is 2120. The van der Waals surface area contributed by atoms with Crippen LogP contribution in [-0.4, -0.2) is 65.5 Å². The number of hydrogen-bond donors (Lipinski definition) is 2. The van der Waals surface area contributed by atoms with Gasteiger partial charge in [0.2, 0.25) is 5.91 Å². The van der Waals surface area contributed by atoms with Crippen LogP contribution in [0.2, 0.25) is 0 Å². The van der Waals surface area contributed by atoms with Crippen molar-refractivity contribution in [2.75, 3.05) is 26.9 Å². The number of aliphatic carboxylic acids is 1. The van der Waals surface area contributed by atoms with Crippen molar-refractivity contribution in [1.82, 2.24) is 14.8 Å². The van der Waals surface area contributed by atoms with Gasteiger partial charge in [0.25, 0.3) is 0 Å². The molecule has 286 valence electrons. The molecule has 9 nitrogen and oxygen atoms in total. The molecule has 11 heteroatoms. The minimum absolute atomic E-state index is 0.00337. The minimum Gasteiger partial charge on any atom is -0.480 e. The van der Waals surface area contributed by atoms with Crippen molar-refractivity contribution in [2.45, 2.75) is 51.7 Å². The van der Waals surface area contributed by atoms with Crippen molar-refractivity contribution < 1.29 is 37.7 Å². The summed E-state index contributed by atoms with van der Waals surface area (Å²) in [6.07, 6.45) is 0.679. The number of alkyl carbamates (subject to hydrolysis) is 1. The second kappa shape index (κ2) is 16.7. The zero-order chi connectivity index (χ0) is 39.3. The molecule has 0 saturated carbocycles. The van der Waals surface area contributed by atoms with Gasteiger partial charge in [-0.2, -0.15) is 0 Å². The third-order valence-corrected chi connectivity index (χ3v) is 9.96. The Hall–Kier alpha value is -5.81. The normalized spacial score (nSPS) is 13.4. The first-order valence-corrected chi connectivity index (χ1v) is 18.2. The lowest BCUT2D eigenvalue weighted by molar-refractivity contribution is -0.143. The maximum absolute atomic E-state index is 15.2. The molecule has 0 aliphatic heterocycles. The summed E-state index contributed by atoms with van der Waals surface area (Å²) in [6, 6.07) is 28.3. The molecule has 2 N–H and O–H groups in total. The molecular formula is C44H45F2N3O6. The Morgan fingerprint density at radius 2 is 1.51 bits per heavy atom. The van der Waals surface area contributed by atoms with Crippen molar-refractivity contribution in [1.29, 1.82) is 0 Å². The largest absolute Gasteiger partial charge is 0.480 e. The summed E-state index contributed by atoms with van der Waals surface area (Å²) in [5.74, 6) is -3.13. The van der Waals surface area contributed by atoms with Crippen LogP contribution in [0, 0.1) is 17.0 Å². The van der Waals surface area contributed by atoms with Crippen LogP contribution in [0.5, 0.6) is 0 Å². The number of fused-ring (bicyclic) bond motifs is 3. The van der Waals surface area contributed by atoms with Crippen molar-refractivity contribution >= 4 is 18.0 Å². The number of carbonyl (C=O) groups excluding carboxylic acids is 2. The fourth-order valence-electron chi connectivity index (χ4n) is 7.52. The van der Waals surface area contributed by atoms with Gasteiger partial charge in [-0.3, -0.25) is 4.79 Å². The Morgan fingerprint density at radius 1 is 0.873 bits per heavy atom. The van der Waals surface area contributed by atoms with E-state index in [2.05, 4.69) is 5.32 Å². The van der Waals surface area contributed by atoms with Gasteiger partial charge in [0, 0.05) is 49.1 Å². The van der Waals surface area contributed by atoms with Crippen LogP contribution < -0.4 is 5.32 Å². The van der Waals surface area contributed by atoms with Crippen molar-refractivity contribution in [2.24, 2.45) is 5.41 Å². The van der Waals surface area contributed by atoms with Crippen LogP contribution in [-0.2, 0) is 25.6 Å². The van der Waals surface area contributed by atoms with E-state index < -0.39 is 47.1 Å². The van der Waals surface area contributed by atoms with Crippen LogP contribution in [0.1, 0.15) is 61.5 Å². The number of nitrogens with one attached hydrogen (secondary N) is 1. The van der Waals surface area contributed by atoms with Crippen LogP contribution >= 0.6 is 0 Å². The van der Waals surface area contributed by atoms with E-state index in [1.165, 1.54) is 7.11 Å². The summed E-state index contributed by atoms with van der Waals surface area (Å²) in [7, 11) is 1.39. The Kier molecular flexibility index (Phi) is 11.8. The summed E-state index contributed by atoms with van der Waals surface area (Å²) in [5.41, 5.74) is 5.54. The number of carboxylic acid groups (broad SMARTS) is 1. The highest BCUT2D eigenvalue weighted by atomic mass is 19.1.